The topological polar surface area (TPSA) is 78.4 Å². The van der Waals surface area contributed by atoms with Crippen LogP contribution >= 0.6 is 15.9 Å². The van der Waals surface area contributed by atoms with E-state index < -0.39 is 5.97 Å². The molecule has 1 atom stereocenters. The van der Waals surface area contributed by atoms with Crippen molar-refractivity contribution in [3.05, 3.63) is 28.2 Å². The summed E-state index contributed by atoms with van der Waals surface area (Å²) >= 11 is 3.40. The van der Waals surface area contributed by atoms with Crippen molar-refractivity contribution in [1.29, 1.82) is 0 Å². The minimum Gasteiger partial charge on any atom is -0.481 e. The Bertz CT molecular complexity index is 491. The largest absolute Gasteiger partial charge is 0.481 e. The van der Waals surface area contributed by atoms with Gasteiger partial charge >= 0.3 is 12.0 Å². The summed E-state index contributed by atoms with van der Waals surface area (Å²) in [6.07, 6.45) is 1.31. The van der Waals surface area contributed by atoms with Crippen LogP contribution in [-0.2, 0) is 4.79 Å². The second kappa shape index (κ2) is 7.89. The van der Waals surface area contributed by atoms with Gasteiger partial charge in [-0.05, 0) is 50.5 Å². The SMILES string of the molecule is Cc1cc(NC(=O)NC(C)CCCC(=O)O)ccc1Br. The van der Waals surface area contributed by atoms with E-state index in [9.17, 15) is 9.59 Å². The Labute approximate surface area is 126 Å². The zero-order valence-electron chi connectivity index (χ0n) is 11.6. The van der Waals surface area contributed by atoms with Crippen molar-refractivity contribution in [2.24, 2.45) is 0 Å². The van der Waals surface area contributed by atoms with Crippen LogP contribution in [0.3, 0.4) is 0 Å². The lowest BCUT2D eigenvalue weighted by atomic mass is 10.1. The maximum atomic E-state index is 11.8. The molecule has 0 heterocycles. The average molecular weight is 343 g/mol. The lowest BCUT2D eigenvalue weighted by Gasteiger charge is -2.14. The van der Waals surface area contributed by atoms with Crippen LogP contribution in [0.25, 0.3) is 0 Å². The molecule has 2 amide bonds. The van der Waals surface area contributed by atoms with E-state index >= 15 is 0 Å². The Morgan fingerprint density at radius 3 is 2.70 bits per heavy atom. The summed E-state index contributed by atoms with van der Waals surface area (Å²) in [4.78, 5) is 22.2. The summed E-state index contributed by atoms with van der Waals surface area (Å²) in [7, 11) is 0. The molecule has 110 valence electrons. The number of aliphatic carboxylic acids is 1. The fraction of sp³-hybridized carbons (Fsp3) is 0.429. The molecule has 0 spiro atoms. The van der Waals surface area contributed by atoms with E-state index in [1.165, 1.54) is 0 Å². The second-order valence-corrected chi connectivity index (χ2v) is 5.60. The number of carboxylic acid groups (broad SMARTS) is 1. The van der Waals surface area contributed by atoms with Crippen LogP contribution in [0.2, 0.25) is 0 Å². The molecular weight excluding hydrogens is 324 g/mol. The third-order valence-electron chi connectivity index (χ3n) is 2.82. The van der Waals surface area contributed by atoms with Crippen molar-refractivity contribution in [2.45, 2.75) is 39.2 Å². The molecule has 0 aromatic heterocycles. The van der Waals surface area contributed by atoms with E-state index in [1.54, 1.807) is 0 Å². The van der Waals surface area contributed by atoms with E-state index in [2.05, 4.69) is 26.6 Å². The van der Waals surface area contributed by atoms with E-state index in [4.69, 9.17) is 5.11 Å². The van der Waals surface area contributed by atoms with Crippen molar-refractivity contribution < 1.29 is 14.7 Å². The summed E-state index contributed by atoms with van der Waals surface area (Å²) in [5.74, 6) is -0.813. The molecule has 5 nitrogen and oxygen atoms in total. The van der Waals surface area contributed by atoms with Crippen LogP contribution in [0.4, 0.5) is 10.5 Å². The average Bonchev–Trinajstić information content (AvgIpc) is 2.33. The van der Waals surface area contributed by atoms with Gasteiger partial charge < -0.3 is 15.7 Å². The molecule has 1 rings (SSSR count). The number of anilines is 1. The normalized spacial score (nSPS) is 11.8. The number of hydrogen-bond donors (Lipinski definition) is 3. The van der Waals surface area contributed by atoms with Gasteiger partial charge in [-0.2, -0.15) is 0 Å². The number of carbonyl (C=O) groups excluding carboxylic acids is 1. The molecule has 1 aromatic carbocycles. The summed E-state index contributed by atoms with van der Waals surface area (Å²) in [6, 6.07) is 5.21. The lowest BCUT2D eigenvalue weighted by molar-refractivity contribution is -0.137. The number of carbonyl (C=O) groups is 2. The fourth-order valence-corrected chi connectivity index (χ4v) is 1.99. The van der Waals surface area contributed by atoms with Gasteiger partial charge in [0.15, 0.2) is 0 Å². The fourth-order valence-electron chi connectivity index (χ4n) is 1.75. The molecule has 3 N–H and O–H groups in total. The van der Waals surface area contributed by atoms with Gasteiger partial charge in [-0.3, -0.25) is 4.79 Å². The van der Waals surface area contributed by atoms with E-state index in [0.29, 0.717) is 12.8 Å². The number of amides is 2. The first-order valence-electron chi connectivity index (χ1n) is 6.44. The molecule has 0 aliphatic rings. The molecule has 6 heteroatoms. The Kier molecular flexibility index (Phi) is 6.51. The third-order valence-corrected chi connectivity index (χ3v) is 3.71. The number of urea groups is 1. The van der Waals surface area contributed by atoms with Crippen LogP contribution in [0.5, 0.6) is 0 Å². The lowest BCUT2D eigenvalue weighted by Crippen LogP contribution is -2.36. The van der Waals surface area contributed by atoms with Gasteiger partial charge in [0.1, 0.15) is 0 Å². The van der Waals surface area contributed by atoms with Gasteiger partial charge in [-0.1, -0.05) is 15.9 Å². The van der Waals surface area contributed by atoms with Crippen molar-refractivity contribution >= 4 is 33.6 Å². The predicted molar refractivity (Wildman–Crippen MR) is 82.0 cm³/mol. The highest BCUT2D eigenvalue weighted by atomic mass is 79.9. The van der Waals surface area contributed by atoms with Gasteiger partial charge in [-0.25, -0.2) is 4.79 Å². The van der Waals surface area contributed by atoms with E-state index in [1.807, 2.05) is 32.0 Å². The van der Waals surface area contributed by atoms with Crippen LogP contribution in [-0.4, -0.2) is 23.1 Å². The Hall–Kier alpha value is -1.56. The molecule has 0 aliphatic heterocycles. The molecular formula is C14H19BrN2O3. The number of nitrogens with one attached hydrogen (secondary N) is 2. The maximum absolute atomic E-state index is 11.8. The van der Waals surface area contributed by atoms with Crippen molar-refractivity contribution in [2.75, 3.05) is 5.32 Å². The molecule has 0 saturated heterocycles. The summed E-state index contributed by atoms with van der Waals surface area (Å²) in [5.41, 5.74) is 1.76. The van der Waals surface area contributed by atoms with Crippen LogP contribution < -0.4 is 10.6 Å². The first-order valence-corrected chi connectivity index (χ1v) is 7.23. The predicted octanol–water partition coefficient (Wildman–Crippen LogP) is 3.52. The smallest absolute Gasteiger partial charge is 0.319 e. The monoisotopic (exact) mass is 342 g/mol. The van der Waals surface area contributed by atoms with Gasteiger partial charge in [-0.15, -0.1) is 0 Å². The summed E-state index contributed by atoms with van der Waals surface area (Å²) in [6.45, 7) is 3.80. The van der Waals surface area contributed by atoms with Gasteiger partial charge in [0.05, 0.1) is 0 Å². The molecule has 1 unspecified atom stereocenters. The minimum absolute atomic E-state index is 0.0640. The van der Waals surface area contributed by atoms with Crippen molar-refractivity contribution in [1.82, 2.24) is 5.32 Å². The highest BCUT2D eigenvalue weighted by molar-refractivity contribution is 9.10. The molecule has 0 radical (unpaired) electrons. The number of benzene rings is 1. The third kappa shape index (κ3) is 6.06. The summed E-state index contributed by atoms with van der Waals surface area (Å²) in [5, 5.41) is 14.1. The zero-order valence-corrected chi connectivity index (χ0v) is 13.2. The number of carboxylic acids is 1. The van der Waals surface area contributed by atoms with Gasteiger partial charge in [0, 0.05) is 22.6 Å². The van der Waals surface area contributed by atoms with Crippen molar-refractivity contribution in [3.63, 3.8) is 0 Å². The molecule has 20 heavy (non-hydrogen) atoms. The number of rotatable bonds is 6. The second-order valence-electron chi connectivity index (χ2n) is 4.75. The van der Waals surface area contributed by atoms with Crippen LogP contribution in [0.1, 0.15) is 31.7 Å². The molecule has 0 bridgehead atoms. The van der Waals surface area contributed by atoms with E-state index in [0.717, 1.165) is 15.7 Å². The molecule has 0 aliphatic carbocycles. The number of hydrogen-bond acceptors (Lipinski definition) is 2. The number of halogens is 1. The van der Waals surface area contributed by atoms with Crippen LogP contribution in [0, 0.1) is 6.92 Å². The Morgan fingerprint density at radius 1 is 1.40 bits per heavy atom. The first kappa shape index (κ1) is 16.5. The van der Waals surface area contributed by atoms with Gasteiger partial charge in [0.2, 0.25) is 0 Å². The maximum Gasteiger partial charge on any atom is 0.319 e. The van der Waals surface area contributed by atoms with Crippen molar-refractivity contribution in [3.8, 4) is 0 Å². The molecule has 1 aromatic rings. The zero-order chi connectivity index (χ0) is 15.1. The van der Waals surface area contributed by atoms with E-state index in [-0.39, 0.29) is 18.5 Å². The Morgan fingerprint density at radius 2 is 2.10 bits per heavy atom. The molecule has 0 saturated carbocycles. The molecule has 0 fully saturated rings. The standard InChI is InChI=1S/C14H19BrN2O3/c1-9-8-11(6-7-12(9)15)17-14(20)16-10(2)4-3-5-13(18)19/h6-8,10H,3-5H2,1-2H3,(H,18,19)(H2,16,17,20). The highest BCUT2D eigenvalue weighted by Crippen LogP contribution is 2.19. The van der Waals surface area contributed by atoms with Gasteiger partial charge in [0.25, 0.3) is 0 Å². The minimum atomic E-state index is -0.813. The Balaban J connectivity index is 2.38. The van der Waals surface area contributed by atoms with Crippen LogP contribution in [0.15, 0.2) is 22.7 Å². The number of aryl methyl sites for hydroxylation is 1. The summed E-state index contributed by atoms with van der Waals surface area (Å²) < 4.78 is 0.991. The first-order chi connectivity index (χ1) is 9.38. The highest BCUT2D eigenvalue weighted by Gasteiger charge is 2.08. The quantitative estimate of drug-likeness (QED) is 0.739.